The maximum Gasteiger partial charge on any atom is 0.417 e. The molecule has 0 atom stereocenters. The van der Waals surface area contributed by atoms with Crippen molar-refractivity contribution in [2.75, 3.05) is 13.2 Å². The van der Waals surface area contributed by atoms with E-state index < -0.39 is 17.8 Å². The van der Waals surface area contributed by atoms with Crippen LogP contribution >= 0.6 is 15.9 Å². The van der Waals surface area contributed by atoms with Gasteiger partial charge in [-0.2, -0.15) is 13.2 Å². The number of alkyl halides is 3. The van der Waals surface area contributed by atoms with Crippen LogP contribution in [-0.2, 0) is 17.5 Å². The van der Waals surface area contributed by atoms with E-state index in [4.69, 9.17) is 9.47 Å². The lowest BCUT2D eigenvalue weighted by Gasteiger charge is -2.12. The summed E-state index contributed by atoms with van der Waals surface area (Å²) in [6.07, 6.45) is -5.10. The Morgan fingerprint density at radius 2 is 1.84 bits per heavy atom. The van der Waals surface area contributed by atoms with Crippen molar-refractivity contribution >= 4 is 22.0 Å². The maximum absolute atomic E-state index is 12.8. The van der Waals surface area contributed by atoms with Gasteiger partial charge in [0.2, 0.25) is 0 Å². The highest BCUT2D eigenvalue weighted by Crippen LogP contribution is 2.36. The Hall–Kier alpha value is -2.22. The third-order valence-corrected chi connectivity index (χ3v) is 3.79. The molecule has 8 heteroatoms. The van der Waals surface area contributed by atoms with E-state index in [0.29, 0.717) is 0 Å². The number of carbonyl (C=O) groups is 1. The van der Waals surface area contributed by atoms with Crippen molar-refractivity contribution < 1.29 is 27.4 Å². The minimum Gasteiger partial charge on any atom is -0.492 e. The van der Waals surface area contributed by atoms with E-state index in [-0.39, 0.29) is 30.0 Å². The molecule has 0 saturated heterocycles. The number of nitrogens with one attached hydrogen (secondary N) is 1. The second-order valence-electron chi connectivity index (χ2n) is 4.98. The van der Waals surface area contributed by atoms with Crippen LogP contribution in [0.5, 0.6) is 5.75 Å². The SMILES string of the molecule is O=C(NCCOc1ccc(Br)c(C(F)(F)F)c1)OCc1ccccc1. The molecule has 0 radical (unpaired) electrons. The summed E-state index contributed by atoms with van der Waals surface area (Å²) in [6.45, 7) is 0.250. The van der Waals surface area contributed by atoms with Crippen LogP contribution in [-0.4, -0.2) is 19.2 Å². The molecule has 0 spiro atoms. The number of amides is 1. The minimum absolute atomic E-state index is 0.0133. The predicted molar refractivity (Wildman–Crippen MR) is 89.3 cm³/mol. The first-order chi connectivity index (χ1) is 11.9. The summed E-state index contributed by atoms with van der Waals surface area (Å²) in [4.78, 5) is 11.5. The van der Waals surface area contributed by atoms with Crippen LogP contribution in [0.2, 0.25) is 0 Å². The lowest BCUT2D eigenvalue weighted by molar-refractivity contribution is -0.138. The van der Waals surface area contributed by atoms with Crippen molar-refractivity contribution in [3.05, 3.63) is 64.1 Å². The zero-order valence-electron chi connectivity index (χ0n) is 13.0. The van der Waals surface area contributed by atoms with Crippen molar-refractivity contribution in [2.24, 2.45) is 0 Å². The molecular weight excluding hydrogens is 403 g/mol. The van der Waals surface area contributed by atoms with Crippen LogP contribution in [0.25, 0.3) is 0 Å². The monoisotopic (exact) mass is 417 g/mol. The maximum atomic E-state index is 12.8. The smallest absolute Gasteiger partial charge is 0.417 e. The Bertz CT molecular complexity index is 708. The molecule has 1 amide bonds. The van der Waals surface area contributed by atoms with Gasteiger partial charge in [0.1, 0.15) is 19.0 Å². The highest BCUT2D eigenvalue weighted by molar-refractivity contribution is 9.10. The third kappa shape index (κ3) is 6.30. The van der Waals surface area contributed by atoms with Gasteiger partial charge < -0.3 is 14.8 Å². The molecule has 0 aliphatic rings. The molecule has 0 aliphatic heterocycles. The molecule has 2 aromatic carbocycles. The van der Waals surface area contributed by atoms with E-state index in [1.807, 2.05) is 30.3 Å². The van der Waals surface area contributed by atoms with E-state index in [1.165, 1.54) is 12.1 Å². The Morgan fingerprint density at radius 3 is 2.52 bits per heavy atom. The van der Waals surface area contributed by atoms with Gasteiger partial charge in [0.05, 0.1) is 12.1 Å². The molecule has 1 N–H and O–H groups in total. The van der Waals surface area contributed by atoms with Gasteiger partial charge >= 0.3 is 12.3 Å². The molecular formula is C17H15BrF3NO3. The van der Waals surface area contributed by atoms with Gasteiger partial charge in [-0.15, -0.1) is 0 Å². The summed E-state index contributed by atoms with van der Waals surface area (Å²) >= 11 is 2.85. The zero-order chi connectivity index (χ0) is 18.3. The summed E-state index contributed by atoms with van der Waals surface area (Å²) in [5.74, 6) is 0.0648. The number of alkyl carbamates (subject to hydrolysis) is 1. The van der Waals surface area contributed by atoms with Gasteiger partial charge in [0.25, 0.3) is 0 Å². The first-order valence-corrected chi connectivity index (χ1v) is 8.09. The van der Waals surface area contributed by atoms with Gasteiger partial charge in [0, 0.05) is 4.47 Å². The second-order valence-corrected chi connectivity index (χ2v) is 5.83. The topological polar surface area (TPSA) is 47.6 Å². The Labute approximate surface area is 151 Å². The lowest BCUT2D eigenvalue weighted by atomic mass is 10.2. The first-order valence-electron chi connectivity index (χ1n) is 7.30. The summed E-state index contributed by atoms with van der Waals surface area (Å²) in [6, 6.07) is 12.7. The highest BCUT2D eigenvalue weighted by Gasteiger charge is 2.33. The van der Waals surface area contributed by atoms with Crippen molar-refractivity contribution in [1.82, 2.24) is 5.32 Å². The molecule has 2 aromatic rings. The Morgan fingerprint density at radius 1 is 1.12 bits per heavy atom. The molecule has 0 fully saturated rings. The van der Waals surface area contributed by atoms with E-state index in [1.54, 1.807) is 0 Å². The van der Waals surface area contributed by atoms with Gasteiger partial charge in [-0.3, -0.25) is 0 Å². The molecule has 0 aromatic heterocycles. The molecule has 0 bridgehead atoms. The van der Waals surface area contributed by atoms with Crippen LogP contribution in [0.4, 0.5) is 18.0 Å². The van der Waals surface area contributed by atoms with Crippen LogP contribution in [0, 0.1) is 0 Å². The fraction of sp³-hybridized carbons (Fsp3) is 0.235. The summed E-state index contributed by atoms with van der Waals surface area (Å²) in [5.41, 5.74) is 0.0312. The number of halogens is 4. The second kappa shape index (κ2) is 8.75. The zero-order valence-corrected chi connectivity index (χ0v) is 14.6. The van der Waals surface area contributed by atoms with Crippen LogP contribution in [0.1, 0.15) is 11.1 Å². The quantitative estimate of drug-likeness (QED) is 0.688. The standard InChI is InChI=1S/C17H15BrF3NO3/c18-15-7-6-13(10-14(15)17(19,20)21)24-9-8-22-16(23)25-11-12-4-2-1-3-5-12/h1-7,10H,8-9,11H2,(H,22,23). The summed E-state index contributed by atoms with van der Waals surface area (Å²) < 4.78 is 48.5. The lowest BCUT2D eigenvalue weighted by Crippen LogP contribution is -2.28. The number of carbonyl (C=O) groups excluding carboxylic acids is 1. The molecule has 0 saturated carbocycles. The minimum atomic E-state index is -4.47. The molecule has 4 nitrogen and oxygen atoms in total. The van der Waals surface area contributed by atoms with E-state index in [2.05, 4.69) is 21.2 Å². The molecule has 25 heavy (non-hydrogen) atoms. The number of ether oxygens (including phenoxy) is 2. The van der Waals surface area contributed by atoms with Crippen LogP contribution in [0.15, 0.2) is 53.0 Å². The van der Waals surface area contributed by atoms with Gasteiger partial charge in [-0.05, 0) is 23.8 Å². The average Bonchev–Trinajstić information content (AvgIpc) is 2.58. The number of hydrogen-bond acceptors (Lipinski definition) is 3. The summed E-state index contributed by atoms with van der Waals surface area (Å²) in [5, 5.41) is 2.46. The normalized spacial score (nSPS) is 11.0. The van der Waals surface area contributed by atoms with Crippen molar-refractivity contribution in [3.8, 4) is 5.75 Å². The molecule has 134 valence electrons. The van der Waals surface area contributed by atoms with Crippen molar-refractivity contribution in [2.45, 2.75) is 12.8 Å². The van der Waals surface area contributed by atoms with Gasteiger partial charge in [-0.25, -0.2) is 4.79 Å². The highest BCUT2D eigenvalue weighted by atomic mass is 79.9. The fourth-order valence-electron chi connectivity index (χ4n) is 1.91. The van der Waals surface area contributed by atoms with Crippen LogP contribution < -0.4 is 10.1 Å². The Kier molecular flexibility index (Phi) is 6.69. The van der Waals surface area contributed by atoms with Gasteiger partial charge in [0.15, 0.2) is 0 Å². The molecule has 0 aliphatic carbocycles. The number of benzene rings is 2. The fourth-order valence-corrected chi connectivity index (χ4v) is 2.38. The first kappa shape index (κ1) is 19.1. The van der Waals surface area contributed by atoms with Gasteiger partial charge in [-0.1, -0.05) is 46.3 Å². The average molecular weight is 418 g/mol. The predicted octanol–water partition coefficient (Wildman–Crippen LogP) is 4.77. The molecule has 2 rings (SSSR count). The van der Waals surface area contributed by atoms with Crippen molar-refractivity contribution in [1.29, 1.82) is 0 Å². The van der Waals surface area contributed by atoms with Crippen LogP contribution in [0.3, 0.4) is 0 Å². The van der Waals surface area contributed by atoms with E-state index in [9.17, 15) is 18.0 Å². The number of rotatable bonds is 6. The molecule has 0 unspecified atom stereocenters. The molecule has 0 heterocycles. The largest absolute Gasteiger partial charge is 0.492 e. The summed E-state index contributed by atoms with van der Waals surface area (Å²) in [7, 11) is 0. The Balaban J connectivity index is 1.73. The van der Waals surface area contributed by atoms with E-state index >= 15 is 0 Å². The third-order valence-electron chi connectivity index (χ3n) is 3.10. The van der Waals surface area contributed by atoms with E-state index in [0.717, 1.165) is 11.6 Å². The number of hydrogen-bond donors (Lipinski definition) is 1. The van der Waals surface area contributed by atoms with Crippen molar-refractivity contribution in [3.63, 3.8) is 0 Å².